The molecule has 1 atom stereocenters. The molecule has 1 amide bonds. The van der Waals surface area contributed by atoms with Gasteiger partial charge in [-0.15, -0.1) is 0 Å². The number of ether oxygens (including phenoxy) is 1. The highest BCUT2D eigenvalue weighted by atomic mass is 32.2. The number of hydrogen-bond acceptors (Lipinski definition) is 6. The fraction of sp³-hybridized carbons (Fsp3) is 0.429. The molecule has 0 saturated heterocycles. The third-order valence-corrected chi connectivity index (χ3v) is 5.50. The summed E-state index contributed by atoms with van der Waals surface area (Å²) in [6.45, 7) is 5.58. The Morgan fingerprint density at radius 3 is 2.57 bits per heavy atom. The summed E-state index contributed by atoms with van der Waals surface area (Å²) in [6.07, 6.45) is 2.30. The monoisotopic (exact) mass is 399 g/mol. The van der Waals surface area contributed by atoms with Gasteiger partial charge < -0.3 is 10.1 Å². The van der Waals surface area contributed by atoms with Gasteiger partial charge in [0.25, 0.3) is 5.91 Å². The van der Waals surface area contributed by atoms with Crippen molar-refractivity contribution in [2.75, 3.05) is 6.61 Å². The molecule has 0 radical (unpaired) electrons. The van der Waals surface area contributed by atoms with Gasteiger partial charge in [-0.2, -0.15) is 0 Å². The number of rotatable bonds is 8. The van der Waals surface area contributed by atoms with Gasteiger partial charge in [0, 0.05) is 23.2 Å². The maximum atomic E-state index is 12.5. The van der Waals surface area contributed by atoms with Crippen LogP contribution >= 0.6 is 11.8 Å². The van der Waals surface area contributed by atoms with Crippen molar-refractivity contribution >= 4 is 23.6 Å². The van der Waals surface area contributed by atoms with Crippen molar-refractivity contribution < 1.29 is 14.3 Å². The molecule has 0 spiro atoms. The van der Waals surface area contributed by atoms with Crippen LogP contribution in [0, 0.1) is 19.8 Å². The Balaban J connectivity index is 1.57. The lowest BCUT2D eigenvalue weighted by Gasteiger charge is -2.13. The van der Waals surface area contributed by atoms with Crippen molar-refractivity contribution in [3.8, 4) is 0 Å². The molecule has 1 fully saturated rings. The van der Waals surface area contributed by atoms with E-state index in [1.807, 2.05) is 39.0 Å². The standard InChI is InChI=1S/C21H25N3O3S/c1-13-10-14(2)23-21(22-13)28-12-17-6-4-5-7-18(17)20(26)27-11-19(25)24-15(3)16-8-9-16/h4-7,10,15-16H,8-9,11-12H2,1-3H3,(H,24,25)/t15-/m0/s1. The molecule has 2 aromatic rings. The zero-order chi connectivity index (χ0) is 20.1. The lowest BCUT2D eigenvalue weighted by molar-refractivity contribution is -0.124. The lowest BCUT2D eigenvalue weighted by atomic mass is 10.1. The Labute approximate surface area is 169 Å². The second kappa shape index (κ2) is 9.19. The number of carbonyl (C=O) groups excluding carboxylic acids is 2. The third-order valence-electron chi connectivity index (χ3n) is 4.61. The van der Waals surface area contributed by atoms with Crippen LogP contribution in [0.5, 0.6) is 0 Å². The average Bonchev–Trinajstić information content (AvgIpc) is 3.49. The van der Waals surface area contributed by atoms with E-state index in [4.69, 9.17) is 4.74 Å². The molecular formula is C21H25N3O3S. The Morgan fingerprint density at radius 2 is 1.89 bits per heavy atom. The van der Waals surface area contributed by atoms with Crippen LogP contribution in [-0.4, -0.2) is 34.5 Å². The molecule has 1 heterocycles. The molecule has 1 aliphatic rings. The van der Waals surface area contributed by atoms with Gasteiger partial charge in [0.1, 0.15) is 0 Å². The quantitative estimate of drug-likeness (QED) is 0.416. The second-order valence-corrected chi connectivity index (χ2v) is 8.09. The number of aromatic nitrogens is 2. The summed E-state index contributed by atoms with van der Waals surface area (Å²) < 4.78 is 5.23. The van der Waals surface area contributed by atoms with E-state index in [9.17, 15) is 9.59 Å². The van der Waals surface area contributed by atoms with E-state index in [-0.39, 0.29) is 18.6 Å². The number of carbonyl (C=O) groups is 2. The van der Waals surface area contributed by atoms with Crippen LogP contribution in [0.3, 0.4) is 0 Å². The molecule has 3 rings (SSSR count). The first kappa shape index (κ1) is 20.3. The van der Waals surface area contributed by atoms with Crippen LogP contribution in [0.15, 0.2) is 35.5 Å². The molecule has 1 aliphatic carbocycles. The minimum absolute atomic E-state index is 0.132. The Bertz CT molecular complexity index is 847. The number of aryl methyl sites for hydroxylation is 2. The first-order valence-electron chi connectivity index (χ1n) is 9.42. The highest BCUT2D eigenvalue weighted by Crippen LogP contribution is 2.32. The van der Waals surface area contributed by atoms with E-state index in [1.54, 1.807) is 12.1 Å². The number of benzene rings is 1. The van der Waals surface area contributed by atoms with Gasteiger partial charge in [0.05, 0.1) is 5.56 Å². The smallest absolute Gasteiger partial charge is 0.338 e. The molecule has 28 heavy (non-hydrogen) atoms. The van der Waals surface area contributed by atoms with Crippen LogP contribution in [0.25, 0.3) is 0 Å². The number of thioether (sulfide) groups is 1. The normalized spacial score (nSPS) is 14.4. The zero-order valence-corrected chi connectivity index (χ0v) is 17.2. The molecular weight excluding hydrogens is 374 g/mol. The predicted octanol–water partition coefficient (Wildman–Crippen LogP) is 3.46. The number of amides is 1. The van der Waals surface area contributed by atoms with E-state index in [0.29, 0.717) is 22.4 Å². The molecule has 0 aliphatic heterocycles. The molecule has 1 aromatic carbocycles. The van der Waals surface area contributed by atoms with Crippen LogP contribution < -0.4 is 5.32 Å². The first-order valence-corrected chi connectivity index (χ1v) is 10.4. The zero-order valence-electron chi connectivity index (χ0n) is 16.4. The van der Waals surface area contributed by atoms with E-state index >= 15 is 0 Å². The SMILES string of the molecule is Cc1cc(C)nc(SCc2ccccc2C(=O)OCC(=O)N[C@@H](C)C2CC2)n1. The van der Waals surface area contributed by atoms with Gasteiger partial charge in [-0.05, 0) is 57.2 Å². The van der Waals surface area contributed by atoms with Crippen LogP contribution in [-0.2, 0) is 15.3 Å². The molecule has 1 saturated carbocycles. The van der Waals surface area contributed by atoms with Crippen molar-refractivity contribution in [1.82, 2.24) is 15.3 Å². The van der Waals surface area contributed by atoms with Gasteiger partial charge in [-0.3, -0.25) is 4.79 Å². The number of nitrogens with one attached hydrogen (secondary N) is 1. The number of nitrogens with zero attached hydrogens (tertiary/aromatic N) is 2. The molecule has 6 nitrogen and oxygen atoms in total. The summed E-state index contributed by atoms with van der Waals surface area (Å²) in [5, 5.41) is 3.56. The van der Waals surface area contributed by atoms with Gasteiger partial charge in [0.15, 0.2) is 11.8 Å². The Morgan fingerprint density at radius 1 is 1.21 bits per heavy atom. The summed E-state index contributed by atoms with van der Waals surface area (Å²) in [5.41, 5.74) is 3.11. The largest absolute Gasteiger partial charge is 0.452 e. The number of hydrogen-bond donors (Lipinski definition) is 1. The summed E-state index contributed by atoms with van der Waals surface area (Å²) in [5.74, 6) is 0.346. The third kappa shape index (κ3) is 5.79. The molecule has 0 unspecified atom stereocenters. The highest BCUT2D eigenvalue weighted by molar-refractivity contribution is 7.98. The van der Waals surface area contributed by atoms with Crippen molar-refractivity contribution in [2.24, 2.45) is 5.92 Å². The first-order chi connectivity index (χ1) is 13.4. The summed E-state index contributed by atoms with van der Waals surface area (Å²) in [7, 11) is 0. The van der Waals surface area contributed by atoms with E-state index in [1.165, 1.54) is 11.8 Å². The Hall–Kier alpha value is -2.41. The minimum atomic E-state index is -0.494. The summed E-state index contributed by atoms with van der Waals surface area (Å²) in [6, 6.07) is 9.30. The molecule has 7 heteroatoms. The van der Waals surface area contributed by atoms with Crippen molar-refractivity contribution in [2.45, 2.75) is 50.6 Å². The van der Waals surface area contributed by atoms with E-state index in [2.05, 4.69) is 15.3 Å². The second-order valence-electron chi connectivity index (χ2n) is 7.15. The highest BCUT2D eigenvalue weighted by Gasteiger charge is 2.29. The van der Waals surface area contributed by atoms with Crippen LogP contribution in [0.1, 0.15) is 47.1 Å². The topological polar surface area (TPSA) is 81.2 Å². The summed E-state index contributed by atoms with van der Waals surface area (Å²) in [4.78, 5) is 33.3. The van der Waals surface area contributed by atoms with Crippen LogP contribution in [0.2, 0.25) is 0 Å². The fourth-order valence-electron chi connectivity index (χ4n) is 2.96. The number of esters is 1. The van der Waals surface area contributed by atoms with E-state index < -0.39 is 5.97 Å². The van der Waals surface area contributed by atoms with Crippen molar-refractivity contribution in [1.29, 1.82) is 0 Å². The maximum absolute atomic E-state index is 12.5. The molecule has 0 bridgehead atoms. The fourth-order valence-corrected chi connectivity index (χ4v) is 3.92. The van der Waals surface area contributed by atoms with Crippen molar-refractivity contribution in [3.05, 3.63) is 52.8 Å². The van der Waals surface area contributed by atoms with Gasteiger partial charge in [-0.25, -0.2) is 14.8 Å². The molecule has 1 N–H and O–H groups in total. The van der Waals surface area contributed by atoms with Gasteiger partial charge in [-0.1, -0.05) is 30.0 Å². The summed E-state index contributed by atoms with van der Waals surface area (Å²) >= 11 is 1.47. The molecule has 148 valence electrons. The maximum Gasteiger partial charge on any atom is 0.338 e. The lowest BCUT2D eigenvalue weighted by Crippen LogP contribution is -2.37. The van der Waals surface area contributed by atoms with Gasteiger partial charge in [0.2, 0.25) is 0 Å². The van der Waals surface area contributed by atoms with Crippen LogP contribution in [0.4, 0.5) is 0 Å². The predicted molar refractivity (Wildman–Crippen MR) is 108 cm³/mol. The van der Waals surface area contributed by atoms with Gasteiger partial charge >= 0.3 is 5.97 Å². The average molecular weight is 400 g/mol. The minimum Gasteiger partial charge on any atom is -0.452 e. The van der Waals surface area contributed by atoms with E-state index in [0.717, 1.165) is 29.8 Å². The van der Waals surface area contributed by atoms with Crippen molar-refractivity contribution in [3.63, 3.8) is 0 Å². The molecule has 1 aromatic heterocycles. The Kier molecular flexibility index (Phi) is 6.67.